The number of nitrogens with one attached hydrogen (secondary N) is 1. The number of fused-ring (bicyclic) bond motifs is 1. The summed E-state index contributed by atoms with van der Waals surface area (Å²) >= 11 is 6.14. The topological polar surface area (TPSA) is 95.3 Å². The van der Waals surface area contributed by atoms with Crippen LogP contribution in [0, 0.1) is 0 Å². The highest BCUT2D eigenvalue weighted by Gasteiger charge is 2.28. The van der Waals surface area contributed by atoms with Gasteiger partial charge in [-0.05, 0) is 56.0 Å². The number of methoxy groups -OCH3 is 1. The molecule has 0 saturated heterocycles. The number of carbonyl (C=O) groups excluding carboxylic acids is 2. The third-order valence-electron chi connectivity index (χ3n) is 5.44. The zero-order valence-corrected chi connectivity index (χ0v) is 22.6. The summed E-state index contributed by atoms with van der Waals surface area (Å²) in [5.74, 6) is 0.821. The number of aromatic nitrogens is 3. The van der Waals surface area contributed by atoms with Gasteiger partial charge in [-0.3, -0.25) is 9.36 Å². The maximum atomic E-state index is 12.8. The normalized spacial score (nSPS) is 13.2. The van der Waals surface area contributed by atoms with E-state index in [1.807, 2.05) is 35.8 Å². The molecule has 1 amide bonds. The Hall–Kier alpha value is -2.63. The zero-order valence-electron chi connectivity index (χ0n) is 19.4. The number of benzene rings is 1. The number of thiophene rings is 1. The van der Waals surface area contributed by atoms with Crippen LogP contribution in [0.5, 0.6) is 5.75 Å². The second-order valence-corrected chi connectivity index (χ2v) is 10.8. The molecule has 0 spiro atoms. The Labute approximate surface area is 220 Å². The van der Waals surface area contributed by atoms with Crippen LogP contribution in [0.2, 0.25) is 0 Å². The van der Waals surface area contributed by atoms with Crippen molar-refractivity contribution in [3.05, 3.63) is 63.2 Å². The largest absolute Gasteiger partial charge is 0.483 e. The van der Waals surface area contributed by atoms with Crippen molar-refractivity contribution in [1.82, 2.24) is 14.8 Å². The Balaban J connectivity index is 1.44. The standard InChI is InChI=1S/C24H25BrN4O4S2/c1-4-12-29-21(14(2)33-16-10-8-15(25)9-11-16)27-28-24(29)34-13-19(30)26-22-20(23(31)32-3)17-6-5-7-18(17)35-22/h4,8-11,14H,1,5-7,12-13H2,2-3H3,(H,26,30). The van der Waals surface area contributed by atoms with Crippen molar-refractivity contribution in [3.8, 4) is 5.75 Å². The number of thioether (sulfide) groups is 1. The van der Waals surface area contributed by atoms with Crippen LogP contribution >= 0.6 is 39.0 Å². The van der Waals surface area contributed by atoms with E-state index >= 15 is 0 Å². The van der Waals surface area contributed by atoms with Crippen LogP contribution < -0.4 is 10.1 Å². The molecule has 1 atom stereocenters. The monoisotopic (exact) mass is 576 g/mol. The predicted molar refractivity (Wildman–Crippen MR) is 140 cm³/mol. The number of hydrogen-bond acceptors (Lipinski definition) is 8. The molecular formula is C24H25BrN4O4S2. The van der Waals surface area contributed by atoms with Crippen molar-refractivity contribution in [2.75, 3.05) is 18.2 Å². The number of aryl methyl sites for hydroxylation is 1. The van der Waals surface area contributed by atoms with E-state index in [0.29, 0.717) is 33.8 Å². The molecule has 2 heterocycles. The molecule has 0 fully saturated rings. The van der Waals surface area contributed by atoms with Crippen LogP contribution in [0.1, 0.15) is 46.1 Å². The van der Waals surface area contributed by atoms with E-state index in [4.69, 9.17) is 9.47 Å². The van der Waals surface area contributed by atoms with Gasteiger partial charge in [-0.15, -0.1) is 28.1 Å². The van der Waals surface area contributed by atoms with Crippen molar-refractivity contribution < 1.29 is 19.1 Å². The molecule has 4 rings (SSSR count). The first kappa shape index (κ1) is 25.5. The van der Waals surface area contributed by atoms with Gasteiger partial charge < -0.3 is 14.8 Å². The maximum absolute atomic E-state index is 12.8. The Morgan fingerprint density at radius 1 is 1.31 bits per heavy atom. The number of halogens is 1. The van der Waals surface area contributed by atoms with Gasteiger partial charge in [-0.1, -0.05) is 33.8 Å². The molecule has 0 radical (unpaired) electrons. The average Bonchev–Trinajstić information content (AvgIpc) is 3.54. The van der Waals surface area contributed by atoms with Gasteiger partial charge in [0.1, 0.15) is 10.8 Å². The summed E-state index contributed by atoms with van der Waals surface area (Å²) in [7, 11) is 1.36. The van der Waals surface area contributed by atoms with Crippen molar-refractivity contribution in [1.29, 1.82) is 0 Å². The summed E-state index contributed by atoms with van der Waals surface area (Å²) in [5, 5.41) is 12.6. The number of nitrogens with zero attached hydrogens (tertiary/aromatic N) is 3. The van der Waals surface area contributed by atoms with Crippen LogP contribution in [0.25, 0.3) is 0 Å². The lowest BCUT2D eigenvalue weighted by atomic mass is 10.1. The Kier molecular flexibility index (Phi) is 8.30. The minimum Gasteiger partial charge on any atom is -0.483 e. The fourth-order valence-electron chi connectivity index (χ4n) is 3.88. The average molecular weight is 578 g/mol. The molecule has 3 aromatic rings. The van der Waals surface area contributed by atoms with Crippen molar-refractivity contribution >= 4 is 55.9 Å². The van der Waals surface area contributed by atoms with Crippen molar-refractivity contribution in [2.45, 2.75) is 44.0 Å². The van der Waals surface area contributed by atoms with Gasteiger partial charge in [-0.2, -0.15) is 0 Å². The first-order valence-electron chi connectivity index (χ1n) is 11.0. The highest BCUT2D eigenvalue weighted by molar-refractivity contribution is 9.10. The summed E-state index contributed by atoms with van der Waals surface area (Å²) in [6.45, 7) is 6.20. The first-order valence-corrected chi connectivity index (χ1v) is 13.6. The molecular weight excluding hydrogens is 552 g/mol. The highest BCUT2D eigenvalue weighted by atomic mass is 79.9. The van der Waals surface area contributed by atoms with Crippen LogP contribution in [0.15, 0.2) is 46.5 Å². The van der Waals surface area contributed by atoms with Gasteiger partial charge in [0.25, 0.3) is 0 Å². The first-order chi connectivity index (χ1) is 16.9. The molecule has 1 unspecified atom stereocenters. The fraction of sp³-hybridized carbons (Fsp3) is 0.333. The third-order valence-corrected chi connectivity index (χ3v) is 8.15. The minimum absolute atomic E-state index is 0.112. The van der Waals surface area contributed by atoms with Crippen molar-refractivity contribution in [3.63, 3.8) is 0 Å². The number of rotatable bonds is 10. The second-order valence-electron chi connectivity index (χ2n) is 7.84. The Bertz CT molecular complexity index is 1240. The van der Waals surface area contributed by atoms with E-state index in [9.17, 15) is 9.59 Å². The molecule has 1 N–H and O–H groups in total. The van der Waals surface area contributed by atoms with Crippen LogP contribution in [-0.2, 0) is 28.9 Å². The van der Waals surface area contributed by atoms with Gasteiger partial charge >= 0.3 is 5.97 Å². The number of ether oxygens (including phenoxy) is 2. The summed E-state index contributed by atoms with van der Waals surface area (Å²) in [5.41, 5.74) is 1.49. The molecule has 0 aliphatic heterocycles. The number of carbonyl (C=O) groups is 2. The number of amides is 1. The smallest absolute Gasteiger partial charge is 0.341 e. The van der Waals surface area contributed by atoms with Gasteiger partial charge in [0, 0.05) is 15.9 Å². The Morgan fingerprint density at radius 2 is 2.09 bits per heavy atom. The predicted octanol–water partition coefficient (Wildman–Crippen LogP) is 5.43. The third kappa shape index (κ3) is 5.79. The lowest BCUT2D eigenvalue weighted by molar-refractivity contribution is -0.113. The summed E-state index contributed by atoms with van der Waals surface area (Å²) < 4.78 is 13.8. The molecule has 11 heteroatoms. The maximum Gasteiger partial charge on any atom is 0.341 e. The van der Waals surface area contributed by atoms with E-state index in [-0.39, 0.29) is 17.8 Å². The molecule has 0 bridgehead atoms. The van der Waals surface area contributed by atoms with E-state index in [0.717, 1.165) is 34.2 Å². The van der Waals surface area contributed by atoms with Crippen LogP contribution in [0.4, 0.5) is 5.00 Å². The second kappa shape index (κ2) is 11.4. The quantitative estimate of drug-likeness (QED) is 0.195. The van der Waals surface area contributed by atoms with Gasteiger partial charge in [0.2, 0.25) is 5.91 Å². The fourth-order valence-corrected chi connectivity index (χ4v) is 6.19. The molecule has 1 aliphatic rings. The van der Waals surface area contributed by atoms with E-state index in [1.54, 1.807) is 6.08 Å². The summed E-state index contributed by atoms with van der Waals surface area (Å²) in [6, 6.07) is 7.56. The van der Waals surface area contributed by atoms with Crippen molar-refractivity contribution in [2.24, 2.45) is 0 Å². The van der Waals surface area contributed by atoms with Crippen LogP contribution in [0.3, 0.4) is 0 Å². The lowest BCUT2D eigenvalue weighted by Gasteiger charge is -2.15. The zero-order chi connectivity index (χ0) is 24.9. The Morgan fingerprint density at radius 3 is 2.80 bits per heavy atom. The molecule has 0 saturated carbocycles. The number of hydrogen-bond donors (Lipinski definition) is 1. The highest BCUT2D eigenvalue weighted by Crippen LogP contribution is 2.39. The molecule has 2 aromatic heterocycles. The molecule has 1 aliphatic carbocycles. The molecule has 184 valence electrons. The molecule has 35 heavy (non-hydrogen) atoms. The van der Waals surface area contributed by atoms with Gasteiger partial charge in [0.15, 0.2) is 17.1 Å². The van der Waals surface area contributed by atoms with Crippen LogP contribution in [-0.4, -0.2) is 39.5 Å². The summed E-state index contributed by atoms with van der Waals surface area (Å²) in [4.78, 5) is 26.2. The molecule has 1 aromatic carbocycles. The van der Waals surface area contributed by atoms with E-state index < -0.39 is 5.97 Å². The summed E-state index contributed by atoms with van der Waals surface area (Å²) in [6.07, 6.45) is 4.15. The SMILES string of the molecule is C=CCn1c(SCC(=O)Nc2sc3c(c2C(=O)OC)CCC3)nnc1C(C)Oc1ccc(Br)cc1. The number of allylic oxidation sites excluding steroid dienone is 1. The van der Waals surface area contributed by atoms with E-state index in [1.165, 1.54) is 30.2 Å². The molecule has 8 nitrogen and oxygen atoms in total. The number of anilines is 1. The number of esters is 1. The lowest BCUT2D eigenvalue weighted by Crippen LogP contribution is -2.17. The van der Waals surface area contributed by atoms with E-state index in [2.05, 4.69) is 38.0 Å². The van der Waals surface area contributed by atoms with Gasteiger partial charge in [0.05, 0.1) is 18.4 Å². The van der Waals surface area contributed by atoms with Gasteiger partial charge in [-0.25, -0.2) is 4.79 Å². The minimum atomic E-state index is -0.414.